The van der Waals surface area contributed by atoms with E-state index in [9.17, 15) is 0 Å². The summed E-state index contributed by atoms with van der Waals surface area (Å²) < 4.78 is 0. The van der Waals surface area contributed by atoms with Gasteiger partial charge in [-0.2, -0.15) is 5.26 Å². The maximum atomic E-state index is 8.98. The average Bonchev–Trinajstić information content (AvgIpc) is 3.11. The van der Waals surface area contributed by atoms with Crippen LogP contribution < -0.4 is 0 Å². The number of halogens is 1. The number of allylic oxidation sites excluding steroid dienone is 1. The average molecular weight is 271 g/mol. The highest BCUT2D eigenvalue weighted by atomic mass is 35.5. The molecule has 0 spiro atoms. The van der Waals surface area contributed by atoms with Crippen molar-refractivity contribution >= 4 is 17.7 Å². The number of nitrogens with one attached hydrogen (secondary N) is 1. The predicted octanol–water partition coefficient (Wildman–Crippen LogP) is 3.42. The van der Waals surface area contributed by atoms with Gasteiger partial charge in [-0.05, 0) is 42.5 Å². The third kappa shape index (κ3) is 2.67. The van der Waals surface area contributed by atoms with Gasteiger partial charge in [0.2, 0.25) is 0 Å². The Morgan fingerprint density at radius 2 is 2.21 bits per heavy atom. The van der Waals surface area contributed by atoms with Crippen LogP contribution in [0.25, 0.3) is 17.3 Å². The van der Waals surface area contributed by atoms with Crippen LogP contribution in [0.2, 0.25) is 5.02 Å². The molecule has 94 valence electrons. The molecule has 1 aromatic carbocycles. The summed E-state index contributed by atoms with van der Waals surface area (Å²) in [6, 6.07) is 7.68. The molecule has 0 bridgehead atoms. The number of nitrogens with zero attached hydrogens (tertiary/aromatic N) is 3. The van der Waals surface area contributed by atoms with Gasteiger partial charge < -0.3 is 0 Å². The number of nitriles is 1. The maximum Gasteiger partial charge on any atom is 0.163 e. The van der Waals surface area contributed by atoms with E-state index < -0.39 is 0 Å². The Balaban J connectivity index is 1.99. The standard InChI is InChI=1S/C14H11ClN4/c15-12-6-10(4-3-9-1-2-9)5-11(7-12)14-13(8-16)17-19-18-14/h3-7,9H,1-2H2,(H,17,18,19)/b4-3+. The Hall–Kier alpha value is -2.12. The predicted molar refractivity (Wildman–Crippen MR) is 73.3 cm³/mol. The van der Waals surface area contributed by atoms with E-state index in [1.807, 2.05) is 18.2 Å². The quantitative estimate of drug-likeness (QED) is 0.929. The molecule has 0 unspecified atom stereocenters. The lowest BCUT2D eigenvalue weighted by Crippen LogP contribution is -1.85. The van der Waals surface area contributed by atoms with Crippen LogP contribution in [0.1, 0.15) is 24.1 Å². The first-order chi connectivity index (χ1) is 9.26. The zero-order chi connectivity index (χ0) is 13.2. The molecule has 1 fully saturated rings. The normalized spacial score (nSPS) is 14.7. The van der Waals surface area contributed by atoms with Crippen LogP contribution in [0, 0.1) is 17.2 Å². The van der Waals surface area contributed by atoms with Gasteiger partial charge in [0.1, 0.15) is 11.8 Å². The number of aromatic nitrogens is 3. The van der Waals surface area contributed by atoms with Crippen molar-refractivity contribution in [1.29, 1.82) is 5.26 Å². The molecule has 5 heteroatoms. The first-order valence-corrected chi connectivity index (χ1v) is 6.44. The van der Waals surface area contributed by atoms with Gasteiger partial charge in [-0.15, -0.1) is 5.10 Å². The Bertz CT molecular complexity index is 677. The van der Waals surface area contributed by atoms with Crippen LogP contribution >= 0.6 is 11.6 Å². The van der Waals surface area contributed by atoms with Gasteiger partial charge in [-0.3, -0.25) is 0 Å². The molecule has 0 aliphatic heterocycles. The second kappa shape index (κ2) is 4.87. The third-order valence-electron chi connectivity index (χ3n) is 3.04. The van der Waals surface area contributed by atoms with Gasteiger partial charge in [0.25, 0.3) is 0 Å². The first kappa shape index (κ1) is 11.9. The van der Waals surface area contributed by atoms with Gasteiger partial charge in [0.15, 0.2) is 5.69 Å². The minimum Gasteiger partial charge on any atom is -0.247 e. The van der Waals surface area contributed by atoms with Gasteiger partial charge in [0.05, 0.1) is 0 Å². The maximum absolute atomic E-state index is 8.98. The number of benzene rings is 1. The molecule has 0 radical (unpaired) electrons. The minimum absolute atomic E-state index is 0.347. The molecule has 1 aliphatic carbocycles. The molecule has 0 atom stereocenters. The van der Waals surface area contributed by atoms with Crippen LogP contribution in [-0.2, 0) is 0 Å². The summed E-state index contributed by atoms with van der Waals surface area (Å²) in [7, 11) is 0. The summed E-state index contributed by atoms with van der Waals surface area (Å²) in [4.78, 5) is 0. The Kier molecular flexibility index (Phi) is 3.06. The summed E-state index contributed by atoms with van der Waals surface area (Å²) in [6.45, 7) is 0. The molecule has 1 aliphatic rings. The van der Waals surface area contributed by atoms with E-state index in [0.29, 0.717) is 22.3 Å². The van der Waals surface area contributed by atoms with E-state index in [-0.39, 0.29) is 0 Å². The lowest BCUT2D eigenvalue weighted by molar-refractivity contribution is 0.937. The minimum atomic E-state index is 0.347. The lowest BCUT2D eigenvalue weighted by Gasteiger charge is -2.01. The zero-order valence-electron chi connectivity index (χ0n) is 10.1. The van der Waals surface area contributed by atoms with Crippen molar-refractivity contribution in [3.63, 3.8) is 0 Å². The number of rotatable bonds is 3. The van der Waals surface area contributed by atoms with E-state index in [2.05, 4.69) is 27.6 Å². The second-order valence-electron chi connectivity index (χ2n) is 4.62. The fraction of sp³-hybridized carbons (Fsp3) is 0.214. The van der Waals surface area contributed by atoms with E-state index in [4.69, 9.17) is 16.9 Å². The number of H-pyrrole nitrogens is 1. The van der Waals surface area contributed by atoms with Crippen molar-refractivity contribution in [1.82, 2.24) is 15.4 Å². The molecule has 0 amide bonds. The second-order valence-corrected chi connectivity index (χ2v) is 5.05. The third-order valence-corrected chi connectivity index (χ3v) is 3.26. The summed E-state index contributed by atoms with van der Waals surface area (Å²) in [5.41, 5.74) is 2.69. The van der Waals surface area contributed by atoms with E-state index >= 15 is 0 Å². The number of hydrogen-bond acceptors (Lipinski definition) is 3. The van der Waals surface area contributed by atoms with Gasteiger partial charge >= 0.3 is 0 Å². The molecule has 1 N–H and O–H groups in total. The molecule has 3 rings (SSSR count). The fourth-order valence-corrected chi connectivity index (χ4v) is 2.13. The Morgan fingerprint density at radius 3 is 2.95 bits per heavy atom. The van der Waals surface area contributed by atoms with E-state index in [1.54, 1.807) is 6.07 Å². The number of aromatic amines is 1. The highest BCUT2D eigenvalue weighted by Gasteiger charge is 2.17. The van der Waals surface area contributed by atoms with Crippen LogP contribution in [0.3, 0.4) is 0 Å². The molecular weight excluding hydrogens is 260 g/mol. The van der Waals surface area contributed by atoms with Crippen LogP contribution in [0.4, 0.5) is 0 Å². The molecular formula is C14H11ClN4. The van der Waals surface area contributed by atoms with Crippen LogP contribution in [-0.4, -0.2) is 15.4 Å². The van der Waals surface area contributed by atoms with E-state index in [0.717, 1.165) is 11.1 Å². The van der Waals surface area contributed by atoms with Gasteiger partial charge in [-0.1, -0.05) is 29.0 Å². The van der Waals surface area contributed by atoms with Crippen molar-refractivity contribution in [2.24, 2.45) is 5.92 Å². The topological polar surface area (TPSA) is 65.4 Å². The highest BCUT2D eigenvalue weighted by molar-refractivity contribution is 6.31. The van der Waals surface area contributed by atoms with E-state index in [1.165, 1.54) is 12.8 Å². The number of hydrogen-bond donors (Lipinski definition) is 1. The smallest absolute Gasteiger partial charge is 0.163 e. The van der Waals surface area contributed by atoms with Gasteiger partial charge in [-0.25, -0.2) is 5.10 Å². The highest BCUT2D eigenvalue weighted by Crippen LogP contribution is 2.32. The summed E-state index contributed by atoms with van der Waals surface area (Å²) in [5, 5.41) is 19.8. The van der Waals surface area contributed by atoms with Crippen molar-refractivity contribution < 1.29 is 0 Å². The van der Waals surface area contributed by atoms with Crippen molar-refractivity contribution in [2.45, 2.75) is 12.8 Å². The molecule has 1 heterocycles. The fourth-order valence-electron chi connectivity index (χ4n) is 1.89. The zero-order valence-corrected chi connectivity index (χ0v) is 10.9. The molecule has 1 saturated carbocycles. The monoisotopic (exact) mass is 270 g/mol. The Morgan fingerprint density at radius 1 is 1.37 bits per heavy atom. The van der Waals surface area contributed by atoms with Crippen LogP contribution in [0.5, 0.6) is 0 Å². The molecule has 4 nitrogen and oxygen atoms in total. The molecule has 2 aromatic rings. The first-order valence-electron chi connectivity index (χ1n) is 6.06. The lowest BCUT2D eigenvalue weighted by atomic mass is 10.1. The Labute approximate surface area is 115 Å². The van der Waals surface area contributed by atoms with Gasteiger partial charge in [0, 0.05) is 10.6 Å². The molecule has 0 saturated heterocycles. The van der Waals surface area contributed by atoms with Crippen molar-refractivity contribution in [3.05, 3.63) is 40.6 Å². The van der Waals surface area contributed by atoms with Crippen molar-refractivity contribution in [2.75, 3.05) is 0 Å². The summed E-state index contributed by atoms with van der Waals surface area (Å²) >= 11 is 6.12. The summed E-state index contributed by atoms with van der Waals surface area (Å²) in [5.74, 6) is 0.712. The molecule has 1 aromatic heterocycles. The summed E-state index contributed by atoms with van der Waals surface area (Å²) in [6.07, 6.45) is 6.81. The SMILES string of the molecule is N#Cc1[nH]nnc1-c1cc(Cl)cc(/C=C/C2CC2)c1. The van der Waals surface area contributed by atoms with Crippen LogP contribution in [0.15, 0.2) is 24.3 Å². The largest absolute Gasteiger partial charge is 0.247 e. The molecule has 19 heavy (non-hydrogen) atoms. The van der Waals surface area contributed by atoms with Crippen molar-refractivity contribution in [3.8, 4) is 17.3 Å².